The standard InChI is InChI=1S/C17H13BrF2/c18-16-9-5-4-8-15(16)12-14(10-11-17(19)20)13-6-2-1-3-7-13/h1-10,14H,12H2. The van der Waals surface area contributed by atoms with Crippen LogP contribution in [0.15, 0.2) is 77.0 Å². The van der Waals surface area contributed by atoms with Gasteiger partial charge in [0.15, 0.2) is 0 Å². The summed E-state index contributed by atoms with van der Waals surface area (Å²) in [7, 11) is 0. The van der Waals surface area contributed by atoms with Crippen LogP contribution in [0, 0.1) is 0 Å². The van der Waals surface area contributed by atoms with Gasteiger partial charge in [0.05, 0.1) is 0 Å². The van der Waals surface area contributed by atoms with E-state index in [1.165, 1.54) is 6.08 Å². The molecule has 0 fully saturated rings. The van der Waals surface area contributed by atoms with E-state index in [0.717, 1.165) is 15.6 Å². The topological polar surface area (TPSA) is 0 Å². The molecule has 2 rings (SSSR count). The second-order valence-electron chi connectivity index (χ2n) is 4.38. The number of rotatable bonds is 4. The number of benzene rings is 2. The Labute approximate surface area is 125 Å². The van der Waals surface area contributed by atoms with Crippen molar-refractivity contribution >= 4 is 15.9 Å². The molecule has 0 aliphatic carbocycles. The Kier molecular flexibility index (Phi) is 5.28. The molecule has 3 heteroatoms. The molecule has 0 heterocycles. The first kappa shape index (κ1) is 14.7. The highest BCUT2D eigenvalue weighted by Gasteiger charge is 2.11. The van der Waals surface area contributed by atoms with Crippen molar-refractivity contribution in [1.82, 2.24) is 0 Å². The van der Waals surface area contributed by atoms with Crippen molar-refractivity contribution < 1.29 is 8.78 Å². The quantitative estimate of drug-likeness (QED) is 0.628. The lowest BCUT2D eigenvalue weighted by atomic mass is 9.92. The molecular weight excluding hydrogens is 322 g/mol. The summed E-state index contributed by atoms with van der Waals surface area (Å²) in [6, 6.07) is 17.4. The minimum absolute atomic E-state index is 0.128. The van der Waals surface area contributed by atoms with Crippen LogP contribution in [0.5, 0.6) is 0 Å². The van der Waals surface area contributed by atoms with Crippen molar-refractivity contribution in [3.8, 4) is 0 Å². The molecule has 2 aromatic rings. The Hall–Kier alpha value is -1.70. The molecule has 0 saturated heterocycles. The van der Waals surface area contributed by atoms with Crippen LogP contribution in [-0.2, 0) is 6.42 Å². The first-order valence-electron chi connectivity index (χ1n) is 6.23. The van der Waals surface area contributed by atoms with Gasteiger partial charge in [-0.3, -0.25) is 0 Å². The number of hydrogen-bond donors (Lipinski definition) is 0. The highest BCUT2D eigenvalue weighted by molar-refractivity contribution is 9.10. The molecule has 0 nitrogen and oxygen atoms in total. The molecule has 0 aromatic heterocycles. The molecule has 0 N–H and O–H groups in total. The van der Waals surface area contributed by atoms with Crippen LogP contribution in [0.2, 0.25) is 0 Å². The van der Waals surface area contributed by atoms with Gasteiger partial charge in [0.25, 0.3) is 0 Å². The van der Waals surface area contributed by atoms with E-state index in [1.807, 2.05) is 60.3 Å². The Morgan fingerprint density at radius 3 is 2.35 bits per heavy atom. The van der Waals surface area contributed by atoms with Gasteiger partial charge in [-0.25, -0.2) is 0 Å². The molecule has 0 saturated carbocycles. The van der Waals surface area contributed by atoms with Crippen molar-refractivity contribution in [2.75, 3.05) is 0 Å². The van der Waals surface area contributed by atoms with Crippen LogP contribution in [0.3, 0.4) is 0 Å². The zero-order chi connectivity index (χ0) is 14.4. The lowest BCUT2D eigenvalue weighted by Crippen LogP contribution is -2.00. The lowest BCUT2D eigenvalue weighted by Gasteiger charge is -2.13. The van der Waals surface area contributed by atoms with E-state index in [2.05, 4.69) is 15.9 Å². The molecule has 2 aromatic carbocycles. The van der Waals surface area contributed by atoms with E-state index >= 15 is 0 Å². The van der Waals surface area contributed by atoms with Crippen molar-refractivity contribution in [2.45, 2.75) is 12.3 Å². The smallest absolute Gasteiger partial charge is 0.164 e. The van der Waals surface area contributed by atoms with Crippen molar-refractivity contribution in [2.24, 2.45) is 0 Å². The van der Waals surface area contributed by atoms with Crippen LogP contribution < -0.4 is 0 Å². The Morgan fingerprint density at radius 1 is 1.05 bits per heavy atom. The molecule has 1 atom stereocenters. The highest BCUT2D eigenvalue weighted by Crippen LogP contribution is 2.26. The number of allylic oxidation sites excluding steroid dienone is 1. The van der Waals surface area contributed by atoms with Crippen molar-refractivity contribution in [3.63, 3.8) is 0 Å². The summed E-state index contributed by atoms with van der Waals surface area (Å²) in [5.74, 6) is -0.128. The van der Waals surface area contributed by atoms with Gasteiger partial charge in [-0.2, -0.15) is 8.78 Å². The maximum atomic E-state index is 12.3. The molecule has 20 heavy (non-hydrogen) atoms. The van der Waals surface area contributed by atoms with Crippen molar-refractivity contribution in [3.05, 3.63) is 88.1 Å². The minimum Gasteiger partial charge on any atom is -0.164 e. The maximum absolute atomic E-state index is 12.3. The zero-order valence-corrected chi connectivity index (χ0v) is 12.3. The largest absolute Gasteiger partial charge is 0.312 e. The van der Waals surface area contributed by atoms with E-state index in [-0.39, 0.29) is 5.92 Å². The average molecular weight is 335 g/mol. The van der Waals surface area contributed by atoms with Crippen LogP contribution in [0.25, 0.3) is 0 Å². The highest BCUT2D eigenvalue weighted by atomic mass is 79.9. The van der Waals surface area contributed by atoms with Gasteiger partial charge in [-0.15, -0.1) is 0 Å². The summed E-state index contributed by atoms with van der Waals surface area (Å²) in [4.78, 5) is 0. The molecule has 0 aliphatic heterocycles. The van der Waals surface area contributed by atoms with E-state index in [1.54, 1.807) is 0 Å². The SMILES string of the molecule is FC(F)=C=CC(Cc1ccccc1Br)c1ccccc1. The molecule has 0 spiro atoms. The zero-order valence-electron chi connectivity index (χ0n) is 10.7. The first-order chi connectivity index (χ1) is 9.66. The van der Waals surface area contributed by atoms with E-state index in [9.17, 15) is 8.78 Å². The summed E-state index contributed by atoms with van der Waals surface area (Å²) in [6.07, 6.45) is 0.286. The predicted octanol–water partition coefficient (Wildman–Crippen LogP) is 5.71. The van der Waals surface area contributed by atoms with Crippen LogP contribution in [0.4, 0.5) is 8.78 Å². The normalized spacial score (nSPS) is 11.6. The van der Waals surface area contributed by atoms with E-state index in [4.69, 9.17) is 0 Å². The summed E-state index contributed by atoms with van der Waals surface area (Å²) in [6.45, 7) is 0. The fourth-order valence-corrected chi connectivity index (χ4v) is 2.48. The van der Waals surface area contributed by atoms with Gasteiger partial charge in [0.1, 0.15) is 0 Å². The Balaban J connectivity index is 2.33. The van der Waals surface area contributed by atoms with Gasteiger partial charge < -0.3 is 0 Å². The monoisotopic (exact) mass is 334 g/mol. The summed E-state index contributed by atoms with van der Waals surface area (Å²) < 4.78 is 25.6. The molecular formula is C17H13BrF2. The third kappa shape index (κ3) is 4.16. The van der Waals surface area contributed by atoms with Crippen LogP contribution in [0.1, 0.15) is 17.0 Å². The van der Waals surface area contributed by atoms with Crippen molar-refractivity contribution in [1.29, 1.82) is 0 Å². The Morgan fingerprint density at radius 2 is 1.70 bits per heavy atom. The molecule has 0 amide bonds. The van der Waals surface area contributed by atoms with Crippen LogP contribution in [-0.4, -0.2) is 0 Å². The minimum atomic E-state index is -1.79. The van der Waals surface area contributed by atoms with E-state index in [0.29, 0.717) is 6.42 Å². The second kappa shape index (κ2) is 7.18. The fraction of sp³-hybridized carbons (Fsp3) is 0.118. The van der Waals surface area contributed by atoms with Gasteiger partial charge >= 0.3 is 6.08 Å². The third-order valence-electron chi connectivity index (χ3n) is 3.02. The fourth-order valence-electron chi connectivity index (χ4n) is 2.04. The van der Waals surface area contributed by atoms with Crippen LogP contribution >= 0.6 is 15.9 Å². The Bertz CT molecular complexity index is 624. The van der Waals surface area contributed by atoms with Gasteiger partial charge in [0.2, 0.25) is 0 Å². The average Bonchev–Trinajstić information content (AvgIpc) is 2.46. The summed E-state index contributed by atoms with van der Waals surface area (Å²) in [5.41, 5.74) is 4.11. The number of hydrogen-bond acceptors (Lipinski definition) is 0. The first-order valence-corrected chi connectivity index (χ1v) is 7.02. The van der Waals surface area contributed by atoms with Gasteiger partial charge in [0, 0.05) is 10.4 Å². The molecule has 102 valence electrons. The molecule has 0 radical (unpaired) electrons. The molecule has 0 aliphatic rings. The maximum Gasteiger partial charge on any atom is 0.312 e. The van der Waals surface area contributed by atoms with Gasteiger partial charge in [-0.1, -0.05) is 70.2 Å². The predicted molar refractivity (Wildman–Crippen MR) is 80.8 cm³/mol. The number of halogens is 3. The second-order valence-corrected chi connectivity index (χ2v) is 5.24. The third-order valence-corrected chi connectivity index (χ3v) is 3.79. The van der Waals surface area contributed by atoms with Gasteiger partial charge in [-0.05, 0) is 29.7 Å². The molecule has 0 bridgehead atoms. The summed E-state index contributed by atoms with van der Waals surface area (Å²) >= 11 is 3.49. The van der Waals surface area contributed by atoms with E-state index < -0.39 is 6.08 Å². The molecule has 1 unspecified atom stereocenters. The summed E-state index contributed by atoms with van der Waals surface area (Å²) in [5, 5.41) is 0. The lowest BCUT2D eigenvalue weighted by molar-refractivity contribution is 0.423.